The SMILES string of the molecule is CC(=O)SCCC(O)C(O)c1cccc(-n2nc(C)cc2C)c1. The maximum Gasteiger partial charge on any atom is 0.185 e. The van der Waals surface area contributed by atoms with Crippen LogP contribution in [-0.2, 0) is 4.79 Å². The number of rotatable bonds is 6. The molecule has 1 aromatic heterocycles. The average molecular weight is 334 g/mol. The zero-order chi connectivity index (χ0) is 17.0. The van der Waals surface area contributed by atoms with E-state index >= 15 is 0 Å². The summed E-state index contributed by atoms with van der Waals surface area (Å²) in [5.41, 5.74) is 3.41. The van der Waals surface area contributed by atoms with Gasteiger partial charge in [-0.25, -0.2) is 4.68 Å². The quantitative estimate of drug-likeness (QED) is 0.849. The third kappa shape index (κ3) is 4.67. The van der Waals surface area contributed by atoms with Crippen molar-refractivity contribution in [2.75, 3.05) is 5.75 Å². The fourth-order valence-electron chi connectivity index (χ4n) is 2.43. The number of hydrogen-bond acceptors (Lipinski definition) is 5. The van der Waals surface area contributed by atoms with Crippen molar-refractivity contribution >= 4 is 16.9 Å². The van der Waals surface area contributed by atoms with E-state index in [1.807, 2.05) is 42.8 Å². The third-order valence-corrected chi connectivity index (χ3v) is 4.40. The maximum atomic E-state index is 10.9. The Bertz CT molecular complexity index is 684. The first-order valence-corrected chi connectivity index (χ1v) is 8.50. The number of aromatic nitrogens is 2. The van der Waals surface area contributed by atoms with Gasteiger partial charge in [0.1, 0.15) is 6.10 Å². The average Bonchev–Trinajstić information content (AvgIpc) is 2.85. The first-order valence-electron chi connectivity index (χ1n) is 7.51. The summed E-state index contributed by atoms with van der Waals surface area (Å²) in [6, 6.07) is 9.33. The van der Waals surface area contributed by atoms with Crippen molar-refractivity contribution in [3.8, 4) is 5.69 Å². The van der Waals surface area contributed by atoms with Crippen molar-refractivity contribution in [2.45, 2.75) is 39.4 Å². The predicted molar refractivity (Wildman–Crippen MR) is 91.8 cm³/mol. The molecule has 0 spiro atoms. The van der Waals surface area contributed by atoms with E-state index in [2.05, 4.69) is 5.10 Å². The van der Waals surface area contributed by atoms with E-state index in [0.717, 1.165) is 28.8 Å². The van der Waals surface area contributed by atoms with Crippen molar-refractivity contribution < 1.29 is 15.0 Å². The Morgan fingerprint density at radius 2 is 2.04 bits per heavy atom. The Kier molecular flexibility index (Phi) is 5.98. The predicted octanol–water partition coefficient (Wildman–Crippen LogP) is 2.55. The number of benzene rings is 1. The molecule has 0 aliphatic carbocycles. The van der Waals surface area contributed by atoms with Gasteiger partial charge in [0, 0.05) is 18.4 Å². The number of nitrogens with zero attached hydrogens (tertiary/aromatic N) is 2. The minimum atomic E-state index is -0.987. The normalized spacial score (nSPS) is 13.8. The lowest BCUT2D eigenvalue weighted by Crippen LogP contribution is -2.19. The summed E-state index contributed by atoms with van der Waals surface area (Å²) in [7, 11) is 0. The van der Waals surface area contributed by atoms with Crippen LogP contribution in [0.2, 0.25) is 0 Å². The van der Waals surface area contributed by atoms with Gasteiger partial charge in [-0.15, -0.1) is 0 Å². The molecule has 2 unspecified atom stereocenters. The van der Waals surface area contributed by atoms with Gasteiger partial charge in [-0.2, -0.15) is 5.10 Å². The van der Waals surface area contributed by atoms with Crippen LogP contribution in [0, 0.1) is 13.8 Å². The number of aliphatic hydroxyl groups is 2. The molecule has 2 rings (SSSR count). The molecule has 124 valence electrons. The number of hydrogen-bond donors (Lipinski definition) is 2. The van der Waals surface area contributed by atoms with Crippen molar-refractivity contribution in [3.05, 3.63) is 47.3 Å². The van der Waals surface area contributed by atoms with Crippen molar-refractivity contribution in [2.24, 2.45) is 0 Å². The standard InChI is InChI=1S/C17H22N2O3S/c1-11-9-12(2)19(18-11)15-6-4-5-14(10-15)17(22)16(21)7-8-23-13(3)20/h4-6,9-10,16-17,21-22H,7-8H2,1-3H3. The van der Waals surface area contributed by atoms with Crippen LogP contribution in [0.15, 0.2) is 30.3 Å². The lowest BCUT2D eigenvalue weighted by molar-refractivity contribution is -0.109. The highest BCUT2D eigenvalue weighted by Crippen LogP contribution is 2.23. The number of aliphatic hydroxyl groups excluding tert-OH is 2. The fraction of sp³-hybridized carbons (Fsp3) is 0.412. The smallest absolute Gasteiger partial charge is 0.185 e. The molecule has 0 fully saturated rings. The maximum absolute atomic E-state index is 10.9. The van der Waals surface area contributed by atoms with Crippen LogP contribution in [0.25, 0.3) is 5.69 Å². The highest BCUT2D eigenvalue weighted by atomic mass is 32.2. The van der Waals surface area contributed by atoms with Crippen LogP contribution in [0.5, 0.6) is 0 Å². The van der Waals surface area contributed by atoms with Gasteiger partial charge in [0.05, 0.1) is 17.5 Å². The molecular formula is C17H22N2O3S. The molecule has 5 nitrogen and oxygen atoms in total. The Morgan fingerprint density at radius 1 is 1.30 bits per heavy atom. The summed E-state index contributed by atoms with van der Waals surface area (Å²) in [6.45, 7) is 5.39. The van der Waals surface area contributed by atoms with E-state index in [1.54, 1.807) is 6.07 Å². The highest BCUT2D eigenvalue weighted by Gasteiger charge is 2.19. The minimum Gasteiger partial charge on any atom is -0.390 e. The van der Waals surface area contributed by atoms with Gasteiger partial charge in [0.25, 0.3) is 0 Å². The zero-order valence-electron chi connectivity index (χ0n) is 13.6. The first kappa shape index (κ1) is 17.7. The largest absolute Gasteiger partial charge is 0.390 e. The Balaban J connectivity index is 2.12. The summed E-state index contributed by atoms with van der Waals surface area (Å²) in [4.78, 5) is 10.9. The molecule has 0 aliphatic heterocycles. The van der Waals surface area contributed by atoms with E-state index in [4.69, 9.17) is 0 Å². The highest BCUT2D eigenvalue weighted by molar-refractivity contribution is 8.13. The van der Waals surface area contributed by atoms with Crippen molar-refractivity contribution in [3.63, 3.8) is 0 Å². The van der Waals surface area contributed by atoms with Crippen LogP contribution in [0.4, 0.5) is 0 Å². The summed E-state index contributed by atoms with van der Waals surface area (Å²) in [5.74, 6) is 0.491. The Morgan fingerprint density at radius 3 is 2.65 bits per heavy atom. The molecule has 0 saturated carbocycles. The van der Waals surface area contributed by atoms with E-state index in [-0.39, 0.29) is 5.12 Å². The van der Waals surface area contributed by atoms with Crippen LogP contribution < -0.4 is 0 Å². The first-order chi connectivity index (χ1) is 10.9. The van der Waals surface area contributed by atoms with E-state index in [1.165, 1.54) is 6.92 Å². The van der Waals surface area contributed by atoms with Gasteiger partial charge >= 0.3 is 0 Å². The summed E-state index contributed by atoms with van der Waals surface area (Å²) < 4.78 is 1.81. The molecular weight excluding hydrogens is 312 g/mol. The second-order valence-corrected chi connectivity index (χ2v) is 6.85. The molecule has 23 heavy (non-hydrogen) atoms. The summed E-state index contributed by atoms with van der Waals surface area (Å²) in [6.07, 6.45) is -1.53. The van der Waals surface area contributed by atoms with Gasteiger partial charge in [-0.1, -0.05) is 23.9 Å². The molecule has 0 aliphatic rings. The van der Waals surface area contributed by atoms with Crippen LogP contribution >= 0.6 is 11.8 Å². The molecule has 0 bridgehead atoms. The topological polar surface area (TPSA) is 75.3 Å². The lowest BCUT2D eigenvalue weighted by Gasteiger charge is -2.18. The van der Waals surface area contributed by atoms with Gasteiger partial charge in [-0.05, 0) is 44.0 Å². The number of aryl methyl sites for hydroxylation is 2. The second-order valence-electron chi connectivity index (χ2n) is 5.57. The van der Waals surface area contributed by atoms with Crippen molar-refractivity contribution in [1.29, 1.82) is 0 Å². The molecule has 1 aromatic carbocycles. The fourth-order valence-corrected chi connectivity index (χ4v) is 3.08. The molecule has 2 aromatic rings. The number of thioether (sulfide) groups is 1. The number of carbonyl (C=O) groups excluding carboxylic acids is 1. The van der Waals surface area contributed by atoms with E-state index in [9.17, 15) is 15.0 Å². The van der Waals surface area contributed by atoms with Crippen LogP contribution in [0.3, 0.4) is 0 Å². The Hall–Kier alpha value is -1.63. The monoisotopic (exact) mass is 334 g/mol. The van der Waals surface area contributed by atoms with Gasteiger partial charge < -0.3 is 10.2 Å². The molecule has 0 amide bonds. The molecule has 6 heteroatoms. The molecule has 2 N–H and O–H groups in total. The molecule has 1 heterocycles. The molecule has 0 radical (unpaired) electrons. The molecule has 2 atom stereocenters. The van der Waals surface area contributed by atoms with Crippen LogP contribution in [-0.4, -0.2) is 37.0 Å². The third-order valence-electron chi connectivity index (χ3n) is 3.55. The van der Waals surface area contributed by atoms with Gasteiger partial charge in [0.2, 0.25) is 0 Å². The Labute approximate surface area is 140 Å². The van der Waals surface area contributed by atoms with E-state index in [0.29, 0.717) is 17.7 Å². The van der Waals surface area contributed by atoms with Crippen LogP contribution in [0.1, 0.15) is 36.4 Å². The molecule has 0 saturated heterocycles. The second kappa shape index (κ2) is 7.77. The van der Waals surface area contributed by atoms with Gasteiger partial charge in [-0.3, -0.25) is 4.79 Å². The van der Waals surface area contributed by atoms with Gasteiger partial charge in [0.15, 0.2) is 5.12 Å². The minimum absolute atomic E-state index is 0.0122. The summed E-state index contributed by atoms with van der Waals surface area (Å²) >= 11 is 1.15. The van der Waals surface area contributed by atoms with E-state index < -0.39 is 12.2 Å². The lowest BCUT2D eigenvalue weighted by atomic mass is 10.0. The van der Waals surface area contributed by atoms with Crippen molar-refractivity contribution in [1.82, 2.24) is 9.78 Å². The number of carbonyl (C=O) groups is 1. The summed E-state index contributed by atoms with van der Waals surface area (Å²) in [5, 5.41) is 24.9. The zero-order valence-corrected chi connectivity index (χ0v) is 14.4.